The van der Waals surface area contributed by atoms with Crippen LogP contribution in [-0.4, -0.2) is 31.0 Å². The quantitative estimate of drug-likeness (QED) is 0.771. The van der Waals surface area contributed by atoms with Gasteiger partial charge in [0.25, 0.3) is 0 Å². The lowest BCUT2D eigenvalue weighted by Gasteiger charge is -2.23. The van der Waals surface area contributed by atoms with Gasteiger partial charge in [-0.3, -0.25) is 0 Å². The predicted molar refractivity (Wildman–Crippen MR) is 121 cm³/mol. The van der Waals surface area contributed by atoms with Crippen LogP contribution in [0.2, 0.25) is 0 Å². The van der Waals surface area contributed by atoms with Gasteiger partial charge in [0.15, 0.2) is 0 Å². The summed E-state index contributed by atoms with van der Waals surface area (Å²) in [7, 11) is 3.33. The zero-order chi connectivity index (χ0) is 21.7. The SMILES string of the molecule is C=C1C=C(COC)c2ccccc2C1O.C=C1C=Cc2c(COC)cccc2C1O. The number of ether oxygens (including phenoxy) is 2. The van der Waals surface area contributed by atoms with E-state index in [9.17, 15) is 10.2 Å². The Labute approximate surface area is 178 Å². The van der Waals surface area contributed by atoms with Crippen LogP contribution in [0, 0.1) is 0 Å². The first-order chi connectivity index (χ1) is 14.5. The molecule has 2 aromatic carbocycles. The summed E-state index contributed by atoms with van der Waals surface area (Å²) in [6.07, 6.45) is 4.57. The number of methoxy groups -OCH3 is 2. The first-order valence-corrected chi connectivity index (χ1v) is 9.79. The molecule has 4 nitrogen and oxygen atoms in total. The lowest BCUT2D eigenvalue weighted by Crippen LogP contribution is -2.10. The lowest BCUT2D eigenvalue weighted by molar-refractivity contribution is 0.183. The molecule has 30 heavy (non-hydrogen) atoms. The average molecular weight is 405 g/mol. The van der Waals surface area contributed by atoms with E-state index in [0.29, 0.717) is 13.2 Å². The molecule has 156 valence electrons. The monoisotopic (exact) mass is 404 g/mol. The summed E-state index contributed by atoms with van der Waals surface area (Å²) >= 11 is 0. The zero-order valence-electron chi connectivity index (χ0n) is 17.5. The van der Waals surface area contributed by atoms with Gasteiger partial charge in [0.2, 0.25) is 0 Å². The van der Waals surface area contributed by atoms with E-state index in [1.54, 1.807) is 14.2 Å². The normalized spacial score (nSPS) is 19.4. The van der Waals surface area contributed by atoms with Gasteiger partial charge in [-0.25, -0.2) is 0 Å². The third-order valence-corrected chi connectivity index (χ3v) is 5.25. The second kappa shape index (κ2) is 9.83. The molecule has 2 aromatic rings. The standard InChI is InChI=1S/2C13H14O2/c1-9-6-7-11-10(8-15-2)4-3-5-12(11)13(9)14;1-9-7-10(8-15-2)11-5-3-4-6-12(11)13(9)14/h2*3-7,13-14H,1,8H2,2H3. The molecule has 0 bridgehead atoms. The summed E-state index contributed by atoms with van der Waals surface area (Å²) in [5.74, 6) is 0. The van der Waals surface area contributed by atoms with Crippen molar-refractivity contribution in [2.45, 2.75) is 18.8 Å². The van der Waals surface area contributed by atoms with Crippen LogP contribution < -0.4 is 0 Å². The number of fused-ring (bicyclic) bond motifs is 2. The minimum atomic E-state index is -0.582. The molecule has 4 rings (SSSR count). The maximum atomic E-state index is 9.93. The molecule has 0 spiro atoms. The van der Waals surface area contributed by atoms with Gasteiger partial charge in [0.05, 0.1) is 13.2 Å². The first kappa shape index (κ1) is 21.9. The van der Waals surface area contributed by atoms with Gasteiger partial charge in [-0.1, -0.05) is 73.9 Å². The Morgan fingerprint density at radius 3 is 2.20 bits per heavy atom. The Kier molecular flexibility index (Phi) is 7.19. The number of rotatable bonds is 4. The van der Waals surface area contributed by atoms with Crippen molar-refractivity contribution in [3.8, 4) is 0 Å². The van der Waals surface area contributed by atoms with Crippen LogP contribution in [0.25, 0.3) is 11.6 Å². The Bertz CT molecular complexity index is 1000. The summed E-state index contributed by atoms with van der Waals surface area (Å²) < 4.78 is 10.2. The third-order valence-electron chi connectivity index (χ3n) is 5.25. The van der Waals surface area contributed by atoms with E-state index >= 15 is 0 Å². The highest BCUT2D eigenvalue weighted by atomic mass is 16.5. The van der Waals surface area contributed by atoms with Crippen LogP contribution in [0.3, 0.4) is 0 Å². The highest BCUT2D eigenvalue weighted by Crippen LogP contribution is 2.35. The van der Waals surface area contributed by atoms with Crippen molar-refractivity contribution in [2.24, 2.45) is 0 Å². The van der Waals surface area contributed by atoms with Gasteiger partial charge in [0, 0.05) is 14.2 Å². The minimum Gasteiger partial charge on any atom is -0.384 e. The largest absolute Gasteiger partial charge is 0.384 e. The van der Waals surface area contributed by atoms with Crippen LogP contribution in [0.1, 0.15) is 40.0 Å². The van der Waals surface area contributed by atoms with E-state index in [4.69, 9.17) is 9.47 Å². The van der Waals surface area contributed by atoms with Crippen LogP contribution in [0.5, 0.6) is 0 Å². The number of hydrogen-bond donors (Lipinski definition) is 2. The molecule has 0 fully saturated rings. The third kappa shape index (κ3) is 4.53. The van der Waals surface area contributed by atoms with Crippen molar-refractivity contribution >= 4 is 11.6 Å². The van der Waals surface area contributed by atoms with E-state index in [-0.39, 0.29) is 0 Å². The number of benzene rings is 2. The van der Waals surface area contributed by atoms with E-state index in [1.165, 1.54) is 0 Å². The Morgan fingerprint density at radius 1 is 0.800 bits per heavy atom. The van der Waals surface area contributed by atoms with Gasteiger partial charge in [-0.2, -0.15) is 0 Å². The number of aliphatic hydroxyl groups excluding tert-OH is 2. The summed E-state index contributed by atoms with van der Waals surface area (Å²) in [5, 5.41) is 19.9. The molecule has 0 aromatic heterocycles. The van der Waals surface area contributed by atoms with Crippen LogP contribution in [0.15, 0.2) is 78.9 Å². The summed E-state index contributed by atoms with van der Waals surface area (Å²) in [6, 6.07) is 13.7. The molecule has 4 heteroatoms. The summed E-state index contributed by atoms with van der Waals surface area (Å²) in [4.78, 5) is 0. The molecule has 0 aliphatic heterocycles. The number of hydrogen-bond acceptors (Lipinski definition) is 4. The molecule has 2 aliphatic rings. The summed E-state index contributed by atoms with van der Waals surface area (Å²) in [5.41, 5.74) is 7.56. The molecule has 0 amide bonds. The fourth-order valence-electron chi connectivity index (χ4n) is 3.72. The summed E-state index contributed by atoms with van der Waals surface area (Å²) in [6.45, 7) is 8.75. The molecule has 0 saturated heterocycles. The molecule has 2 unspecified atom stereocenters. The zero-order valence-corrected chi connectivity index (χ0v) is 17.5. The van der Waals surface area contributed by atoms with Gasteiger partial charge in [0.1, 0.15) is 12.2 Å². The van der Waals surface area contributed by atoms with Gasteiger partial charge in [-0.15, -0.1) is 0 Å². The molecule has 2 atom stereocenters. The molecule has 0 radical (unpaired) electrons. The van der Waals surface area contributed by atoms with Crippen LogP contribution in [0.4, 0.5) is 0 Å². The van der Waals surface area contributed by atoms with Gasteiger partial charge < -0.3 is 19.7 Å². The van der Waals surface area contributed by atoms with Crippen molar-refractivity contribution < 1.29 is 19.7 Å². The highest BCUT2D eigenvalue weighted by molar-refractivity contribution is 5.75. The molecule has 2 N–H and O–H groups in total. The molecular weight excluding hydrogens is 376 g/mol. The molecular formula is C26H28O4. The maximum Gasteiger partial charge on any atom is 0.104 e. The minimum absolute atomic E-state index is 0.544. The predicted octanol–water partition coefficient (Wildman–Crippen LogP) is 4.77. The molecule has 0 saturated carbocycles. The van der Waals surface area contributed by atoms with E-state index in [1.807, 2.05) is 60.7 Å². The van der Waals surface area contributed by atoms with E-state index in [2.05, 4.69) is 13.2 Å². The fraction of sp³-hybridized carbons (Fsp3) is 0.231. The smallest absolute Gasteiger partial charge is 0.104 e. The van der Waals surface area contributed by atoms with E-state index in [0.717, 1.165) is 44.5 Å². The van der Waals surface area contributed by atoms with Crippen molar-refractivity contribution in [2.75, 3.05) is 20.8 Å². The maximum absolute atomic E-state index is 9.93. The second-order valence-corrected chi connectivity index (χ2v) is 7.33. The fourth-order valence-corrected chi connectivity index (χ4v) is 3.72. The van der Waals surface area contributed by atoms with Crippen molar-refractivity contribution in [3.05, 3.63) is 107 Å². The Balaban J connectivity index is 0.000000171. The van der Waals surface area contributed by atoms with E-state index < -0.39 is 12.2 Å². The van der Waals surface area contributed by atoms with Gasteiger partial charge in [-0.05, 0) is 44.5 Å². The van der Waals surface area contributed by atoms with Crippen molar-refractivity contribution in [1.82, 2.24) is 0 Å². The second-order valence-electron chi connectivity index (χ2n) is 7.33. The van der Waals surface area contributed by atoms with Crippen molar-refractivity contribution in [1.29, 1.82) is 0 Å². The Hall–Kier alpha value is -2.76. The lowest BCUT2D eigenvalue weighted by atomic mass is 9.87. The topological polar surface area (TPSA) is 58.9 Å². The molecule has 2 aliphatic carbocycles. The average Bonchev–Trinajstić information content (AvgIpc) is 2.76. The van der Waals surface area contributed by atoms with Crippen LogP contribution >= 0.6 is 0 Å². The number of aliphatic hydroxyl groups is 2. The first-order valence-electron chi connectivity index (χ1n) is 9.79. The van der Waals surface area contributed by atoms with Crippen LogP contribution in [-0.2, 0) is 16.1 Å². The van der Waals surface area contributed by atoms with Crippen molar-refractivity contribution in [3.63, 3.8) is 0 Å². The molecule has 0 heterocycles. The Morgan fingerprint density at radius 2 is 1.47 bits per heavy atom. The highest BCUT2D eigenvalue weighted by Gasteiger charge is 2.21. The van der Waals surface area contributed by atoms with Gasteiger partial charge >= 0.3 is 0 Å².